The molecule has 94 valence electrons. The third-order valence-electron chi connectivity index (χ3n) is 2.32. The highest BCUT2D eigenvalue weighted by molar-refractivity contribution is 6.35. The fourth-order valence-electron chi connectivity index (χ4n) is 1.34. The van der Waals surface area contributed by atoms with Crippen molar-refractivity contribution in [2.24, 2.45) is 0 Å². The summed E-state index contributed by atoms with van der Waals surface area (Å²) in [7, 11) is 0. The summed E-state index contributed by atoms with van der Waals surface area (Å²) >= 11 is 5.84. The highest BCUT2D eigenvalue weighted by Crippen LogP contribution is 2.28. The van der Waals surface area contributed by atoms with Gasteiger partial charge in [-0.3, -0.25) is 0 Å². The SMILES string of the molecule is Cc1cc(F)c(Nc2ncnc(N)c2Cl)cc1F. The Morgan fingerprint density at radius 3 is 2.67 bits per heavy atom. The van der Waals surface area contributed by atoms with Gasteiger partial charge in [0.25, 0.3) is 0 Å². The fourth-order valence-corrected chi connectivity index (χ4v) is 1.49. The molecule has 2 rings (SSSR count). The number of anilines is 3. The van der Waals surface area contributed by atoms with Gasteiger partial charge in [-0.05, 0) is 18.6 Å². The van der Waals surface area contributed by atoms with Crippen LogP contribution in [0.25, 0.3) is 0 Å². The number of nitrogens with zero attached hydrogens (tertiary/aromatic N) is 2. The molecule has 1 aromatic carbocycles. The smallest absolute Gasteiger partial charge is 0.154 e. The molecule has 0 bridgehead atoms. The molecule has 1 heterocycles. The molecule has 0 aliphatic heterocycles. The lowest BCUT2D eigenvalue weighted by molar-refractivity contribution is 0.595. The van der Waals surface area contributed by atoms with Gasteiger partial charge < -0.3 is 11.1 Å². The number of aryl methyl sites for hydroxylation is 1. The molecule has 0 aliphatic carbocycles. The Morgan fingerprint density at radius 2 is 1.94 bits per heavy atom. The Hall–Kier alpha value is -1.95. The summed E-state index contributed by atoms with van der Waals surface area (Å²) in [6.07, 6.45) is 1.17. The lowest BCUT2D eigenvalue weighted by Gasteiger charge is -2.10. The van der Waals surface area contributed by atoms with E-state index in [9.17, 15) is 8.78 Å². The van der Waals surface area contributed by atoms with Crippen LogP contribution in [0.2, 0.25) is 5.02 Å². The highest BCUT2D eigenvalue weighted by Gasteiger charge is 2.11. The monoisotopic (exact) mass is 270 g/mol. The summed E-state index contributed by atoms with van der Waals surface area (Å²) in [5, 5.41) is 2.62. The van der Waals surface area contributed by atoms with E-state index < -0.39 is 11.6 Å². The van der Waals surface area contributed by atoms with Crippen molar-refractivity contribution in [3.8, 4) is 0 Å². The average Bonchev–Trinajstić information content (AvgIpc) is 2.32. The number of nitrogens with one attached hydrogen (secondary N) is 1. The van der Waals surface area contributed by atoms with Crippen LogP contribution in [-0.4, -0.2) is 9.97 Å². The molecule has 0 radical (unpaired) electrons. The first kappa shape index (κ1) is 12.5. The summed E-state index contributed by atoms with van der Waals surface area (Å²) in [6.45, 7) is 1.47. The minimum absolute atomic E-state index is 0.0536. The zero-order chi connectivity index (χ0) is 13.3. The van der Waals surface area contributed by atoms with Crippen LogP contribution in [0.15, 0.2) is 18.5 Å². The Morgan fingerprint density at radius 1 is 1.22 bits per heavy atom. The van der Waals surface area contributed by atoms with Gasteiger partial charge >= 0.3 is 0 Å². The van der Waals surface area contributed by atoms with Crippen LogP contribution in [-0.2, 0) is 0 Å². The van der Waals surface area contributed by atoms with Crippen LogP contribution < -0.4 is 11.1 Å². The van der Waals surface area contributed by atoms with Gasteiger partial charge in [0.1, 0.15) is 28.8 Å². The van der Waals surface area contributed by atoms with Crippen molar-refractivity contribution in [1.29, 1.82) is 0 Å². The number of benzene rings is 1. The second-order valence-corrected chi connectivity index (χ2v) is 4.01. The molecule has 7 heteroatoms. The number of nitrogen functional groups attached to an aromatic ring is 1. The van der Waals surface area contributed by atoms with Gasteiger partial charge in [-0.25, -0.2) is 18.7 Å². The molecule has 0 amide bonds. The van der Waals surface area contributed by atoms with Gasteiger partial charge in [0.2, 0.25) is 0 Å². The first-order valence-corrected chi connectivity index (χ1v) is 5.35. The Kier molecular flexibility index (Phi) is 3.29. The molecule has 18 heavy (non-hydrogen) atoms. The molecule has 0 saturated heterocycles. The van der Waals surface area contributed by atoms with Crippen LogP contribution >= 0.6 is 11.6 Å². The Balaban J connectivity index is 2.40. The maximum absolute atomic E-state index is 13.6. The van der Waals surface area contributed by atoms with Gasteiger partial charge in [-0.15, -0.1) is 0 Å². The van der Waals surface area contributed by atoms with E-state index in [1.807, 2.05) is 0 Å². The van der Waals surface area contributed by atoms with E-state index in [0.29, 0.717) is 0 Å². The lowest BCUT2D eigenvalue weighted by Crippen LogP contribution is -2.02. The van der Waals surface area contributed by atoms with Crippen LogP contribution in [0.1, 0.15) is 5.56 Å². The quantitative estimate of drug-likeness (QED) is 0.880. The zero-order valence-corrected chi connectivity index (χ0v) is 10.1. The van der Waals surface area contributed by atoms with Crippen molar-refractivity contribution < 1.29 is 8.78 Å². The van der Waals surface area contributed by atoms with Crippen LogP contribution in [0.3, 0.4) is 0 Å². The number of rotatable bonds is 2. The van der Waals surface area contributed by atoms with Gasteiger partial charge in [0.15, 0.2) is 5.82 Å². The first-order chi connectivity index (χ1) is 8.49. The normalized spacial score (nSPS) is 10.4. The van der Waals surface area contributed by atoms with Crippen LogP contribution in [0.5, 0.6) is 0 Å². The Labute approximate surface area is 107 Å². The van der Waals surface area contributed by atoms with Crippen molar-refractivity contribution in [3.05, 3.63) is 40.7 Å². The van der Waals surface area contributed by atoms with Gasteiger partial charge in [0, 0.05) is 6.07 Å². The fraction of sp³-hybridized carbons (Fsp3) is 0.0909. The summed E-state index contributed by atoms with van der Waals surface area (Å²) in [6, 6.07) is 2.11. The molecular weight excluding hydrogens is 262 g/mol. The van der Waals surface area contributed by atoms with Crippen LogP contribution in [0.4, 0.5) is 26.1 Å². The van der Waals surface area contributed by atoms with E-state index in [1.165, 1.54) is 13.3 Å². The Bertz CT molecular complexity index is 604. The first-order valence-electron chi connectivity index (χ1n) is 4.97. The molecule has 1 aromatic heterocycles. The highest BCUT2D eigenvalue weighted by atomic mass is 35.5. The third kappa shape index (κ3) is 2.33. The van der Waals surface area contributed by atoms with Gasteiger partial charge in [-0.1, -0.05) is 11.6 Å². The summed E-state index contributed by atoms with van der Waals surface area (Å²) in [5.41, 5.74) is 5.62. The van der Waals surface area contributed by atoms with Gasteiger partial charge in [0.05, 0.1) is 5.69 Å². The van der Waals surface area contributed by atoms with Crippen molar-refractivity contribution in [2.45, 2.75) is 6.92 Å². The number of nitrogens with two attached hydrogens (primary N) is 1. The number of hydrogen-bond acceptors (Lipinski definition) is 4. The summed E-state index contributed by atoms with van der Waals surface area (Å²) in [5.74, 6) is -0.965. The van der Waals surface area contributed by atoms with E-state index in [-0.39, 0.29) is 27.9 Å². The molecule has 0 saturated carbocycles. The minimum atomic E-state index is -0.609. The minimum Gasteiger partial charge on any atom is -0.382 e. The average molecular weight is 271 g/mol. The molecule has 3 N–H and O–H groups in total. The topological polar surface area (TPSA) is 63.8 Å². The van der Waals surface area contributed by atoms with E-state index in [0.717, 1.165) is 12.1 Å². The van der Waals surface area contributed by atoms with E-state index >= 15 is 0 Å². The number of aromatic nitrogens is 2. The molecular formula is C11H9ClF2N4. The van der Waals surface area contributed by atoms with Gasteiger partial charge in [-0.2, -0.15) is 0 Å². The molecule has 4 nitrogen and oxygen atoms in total. The summed E-state index contributed by atoms with van der Waals surface area (Å²) in [4.78, 5) is 7.47. The van der Waals surface area contributed by atoms with Crippen molar-refractivity contribution in [2.75, 3.05) is 11.1 Å². The van der Waals surface area contributed by atoms with Crippen molar-refractivity contribution in [1.82, 2.24) is 9.97 Å². The maximum atomic E-state index is 13.6. The molecule has 0 unspecified atom stereocenters. The van der Waals surface area contributed by atoms with E-state index in [2.05, 4.69) is 15.3 Å². The second kappa shape index (κ2) is 4.73. The number of hydrogen-bond donors (Lipinski definition) is 2. The zero-order valence-electron chi connectivity index (χ0n) is 9.34. The molecule has 0 atom stereocenters. The van der Waals surface area contributed by atoms with Crippen molar-refractivity contribution in [3.63, 3.8) is 0 Å². The molecule has 0 aliphatic rings. The van der Waals surface area contributed by atoms with E-state index in [1.54, 1.807) is 0 Å². The standard InChI is InChI=1S/C11H9ClF2N4/c1-5-2-7(14)8(3-6(5)13)18-11-9(12)10(15)16-4-17-11/h2-4H,1H3,(H3,15,16,17,18). The van der Waals surface area contributed by atoms with Crippen LogP contribution in [0, 0.1) is 18.6 Å². The lowest BCUT2D eigenvalue weighted by atomic mass is 10.2. The molecule has 0 fully saturated rings. The third-order valence-corrected chi connectivity index (χ3v) is 2.69. The predicted octanol–water partition coefficient (Wildman–Crippen LogP) is 3.04. The largest absolute Gasteiger partial charge is 0.382 e. The van der Waals surface area contributed by atoms with Crippen molar-refractivity contribution >= 4 is 28.9 Å². The summed E-state index contributed by atoms with van der Waals surface area (Å²) < 4.78 is 26.9. The second-order valence-electron chi connectivity index (χ2n) is 3.63. The predicted molar refractivity (Wildman–Crippen MR) is 65.8 cm³/mol. The molecule has 0 spiro atoms. The van der Waals surface area contributed by atoms with E-state index in [4.69, 9.17) is 17.3 Å². The maximum Gasteiger partial charge on any atom is 0.154 e. The number of halogens is 3. The molecule has 2 aromatic rings.